The summed E-state index contributed by atoms with van der Waals surface area (Å²) in [6, 6.07) is -0.139. The fourth-order valence-corrected chi connectivity index (χ4v) is 2.69. The Balaban J connectivity index is 2.87. The Hall–Kier alpha value is -0.520. The maximum atomic E-state index is 6.07. The van der Waals surface area contributed by atoms with E-state index in [1.165, 1.54) is 12.8 Å². The first-order valence-corrected chi connectivity index (χ1v) is 5.42. The molecule has 0 aromatic rings. The van der Waals surface area contributed by atoms with Gasteiger partial charge in [0.1, 0.15) is 0 Å². The van der Waals surface area contributed by atoms with Gasteiger partial charge in [-0.2, -0.15) is 0 Å². The molecule has 0 aliphatic heterocycles. The Morgan fingerprint density at radius 2 is 2.21 bits per heavy atom. The summed E-state index contributed by atoms with van der Waals surface area (Å²) in [4.78, 5) is 2.23. The summed E-state index contributed by atoms with van der Waals surface area (Å²) in [6.45, 7) is 2.29. The van der Waals surface area contributed by atoms with E-state index in [0.717, 1.165) is 18.8 Å². The van der Waals surface area contributed by atoms with Gasteiger partial charge in [-0.1, -0.05) is 25.7 Å². The average molecular weight is 194 g/mol. The van der Waals surface area contributed by atoms with E-state index in [-0.39, 0.29) is 11.6 Å². The lowest BCUT2D eigenvalue weighted by atomic mass is 9.72. The van der Waals surface area contributed by atoms with Crippen molar-refractivity contribution in [2.45, 2.75) is 44.2 Å². The number of nitrogens with zero attached hydrogens (tertiary/aromatic N) is 1. The van der Waals surface area contributed by atoms with E-state index >= 15 is 0 Å². The van der Waals surface area contributed by atoms with Crippen LogP contribution in [0.25, 0.3) is 0 Å². The molecule has 1 fully saturated rings. The minimum absolute atomic E-state index is 0.0341. The molecule has 0 radical (unpaired) electrons. The van der Waals surface area contributed by atoms with Gasteiger partial charge in [0, 0.05) is 5.54 Å². The molecule has 2 N–H and O–H groups in total. The summed E-state index contributed by atoms with van der Waals surface area (Å²) in [7, 11) is 4.18. The molecule has 0 saturated heterocycles. The second-order valence-corrected chi connectivity index (χ2v) is 4.84. The highest BCUT2D eigenvalue weighted by atomic mass is 15.2. The van der Waals surface area contributed by atoms with E-state index in [1.807, 2.05) is 0 Å². The molecule has 1 saturated carbocycles. The highest BCUT2D eigenvalue weighted by Crippen LogP contribution is 2.37. The lowest BCUT2D eigenvalue weighted by molar-refractivity contribution is 0.0665. The predicted octanol–water partition coefficient (Wildman–Crippen LogP) is 1.46. The first-order chi connectivity index (χ1) is 6.53. The van der Waals surface area contributed by atoms with Crippen LogP contribution in [0.1, 0.15) is 32.6 Å². The van der Waals surface area contributed by atoms with Crippen molar-refractivity contribution in [3.63, 3.8) is 0 Å². The van der Waals surface area contributed by atoms with Crippen LogP contribution < -0.4 is 5.73 Å². The Morgan fingerprint density at radius 3 is 2.64 bits per heavy atom. The smallest absolute Gasteiger partial charge is 0.0848 e. The van der Waals surface area contributed by atoms with Crippen molar-refractivity contribution in [2.75, 3.05) is 14.1 Å². The maximum Gasteiger partial charge on any atom is 0.0848 e. The third-order valence-electron chi connectivity index (χ3n) is 3.66. The van der Waals surface area contributed by atoms with Gasteiger partial charge >= 0.3 is 0 Å². The second-order valence-electron chi connectivity index (χ2n) is 4.84. The lowest BCUT2D eigenvalue weighted by Gasteiger charge is -2.47. The van der Waals surface area contributed by atoms with Crippen LogP contribution in [0.2, 0.25) is 0 Å². The van der Waals surface area contributed by atoms with Crippen LogP contribution in [-0.2, 0) is 0 Å². The van der Waals surface area contributed by atoms with E-state index < -0.39 is 0 Å². The first-order valence-electron chi connectivity index (χ1n) is 5.42. The van der Waals surface area contributed by atoms with Crippen molar-refractivity contribution in [1.29, 1.82) is 0 Å². The van der Waals surface area contributed by atoms with E-state index in [9.17, 15) is 0 Å². The summed E-state index contributed by atoms with van der Waals surface area (Å²) in [5.41, 5.74) is 6.10. The van der Waals surface area contributed by atoms with Crippen LogP contribution in [0.4, 0.5) is 0 Å². The molecule has 1 aliphatic carbocycles. The van der Waals surface area contributed by atoms with E-state index in [2.05, 4.69) is 31.8 Å². The molecule has 1 aliphatic rings. The van der Waals surface area contributed by atoms with Crippen molar-refractivity contribution in [3.8, 4) is 12.3 Å². The number of nitrogens with two attached hydrogens (primary N) is 1. The van der Waals surface area contributed by atoms with Crippen LogP contribution in [-0.4, -0.2) is 30.6 Å². The van der Waals surface area contributed by atoms with Gasteiger partial charge in [-0.3, -0.25) is 0 Å². The van der Waals surface area contributed by atoms with Gasteiger partial charge in [-0.25, -0.2) is 0 Å². The molecule has 3 atom stereocenters. The summed E-state index contributed by atoms with van der Waals surface area (Å²) < 4.78 is 0. The number of rotatable bonds is 2. The van der Waals surface area contributed by atoms with Gasteiger partial charge in [0.05, 0.1) is 6.04 Å². The monoisotopic (exact) mass is 194 g/mol. The fraction of sp³-hybridized carbons (Fsp3) is 0.833. The Bertz CT molecular complexity index is 229. The van der Waals surface area contributed by atoms with Crippen LogP contribution in [0.5, 0.6) is 0 Å². The van der Waals surface area contributed by atoms with Gasteiger partial charge in [0.2, 0.25) is 0 Å². The van der Waals surface area contributed by atoms with Crippen molar-refractivity contribution in [3.05, 3.63) is 0 Å². The lowest BCUT2D eigenvalue weighted by Crippen LogP contribution is -2.58. The van der Waals surface area contributed by atoms with Gasteiger partial charge in [0.25, 0.3) is 0 Å². The molecular weight excluding hydrogens is 172 g/mol. The molecule has 2 nitrogen and oxygen atoms in total. The van der Waals surface area contributed by atoms with Gasteiger partial charge in [-0.05, 0) is 32.9 Å². The van der Waals surface area contributed by atoms with E-state index in [1.54, 1.807) is 0 Å². The average Bonchev–Trinajstić information content (AvgIpc) is 2.16. The Labute approximate surface area is 87.8 Å². The van der Waals surface area contributed by atoms with E-state index in [4.69, 9.17) is 12.2 Å². The molecule has 0 spiro atoms. The SMILES string of the molecule is C#CC(N)C1(N(C)C)CCCC(C)C1. The minimum Gasteiger partial charge on any atom is -0.316 e. The topological polar surface area (TPSA) is 29.3 Å². The number of likely N-dealkylation sites (N-methyl/N-ethyl adjacent to an activating group) is 1. The number of hydrogen-bond donors (Lipinski definition) is 1. The Kier molecular flexibility index (Phi) is 3.58. The molecular formula is C12H22N2. The number of terminal acetylenes is 1. The van der Waals surface area contributed by atoms with Gasteiger partial charge < -0.3 is 10.6 Å². The van der Waals surface area contributed by atoms with Crippen molar-refractivity contribution in [2.24, 2.45) is 11.7 Å². The molecule has 0 bridgehead atoms. The summed E-state index contributed by atoms with van der Waals surface area (Å²) >= 11 is 0. The molecule has 14 heavy (non-hydrogen) atoms. The van der Waals surface area contributed by atoms with Crippen molar-refractivity contribution < 1.29 is 0 Å². The Morgan fingerprint density at radius 1 is 1.57 bits per heavy atom. The van der Waals surface area contributed by atoms with Crippen LogP contribution >= 0.6 is 0 Å². The third-order valence-corrected chi connectivity index (χ3v) is 3.66. The van der Waals surface area contributed by atoms with Crippen molar-refractivity contribution >= 4 is 0 Å². The normalized spacial score (nSPS) is 35.3. The fourth-order valence-electron chi connectivity index (χ4n) is 2.69. The highest BCUT2D eigenvalue weighted by molar-refractivity contribution is 5.13. The summed E-state index contributed by atoms with van der Waals surface area (Å²) in [6.07, 6.45) is 10.3. The van der Waals surface area contributed by atoms with Crippen LogP contribution in [0.15, 0.2) is 0 Å². The highest BCUT2D eigenvalue weighted by Gasteiger charge is 2.41. The van der Waals surface area contributed by atoms with Gasteiger partial charge in [-0.15, -0.1) is 6.42 Å². The standard InChI is InChI=1S/C12H22N2/c1-5-11(13)12(14(3)4)8-6-7-10(2)9-12/h1,10-11H,6-9,13H2,2-4H3. The van der Waals surface area contributed by atoms with Crippen LogP contribution in [0.3, 0.4) is 0 Å². The molecule has 2 heteroatoms. The molecule has 0 amide bonds. The van der Waals surface area contributed by atoms with Crippen LogP contribution in [0, 0.1) is 18.3 Å². The third kappa shape index (κ3) is 1.94. The summed E-state index contributed by atoms with van der Waals surface area (Å²) in [5.74, 6) is 3.45. The molecule has 0 aromatic heterocycles. The largest absolute Gasteiger partial charge is 0.316 e. The maximum absolute atomic E-state index is 6.07. The van der Waals surface area contributed by atoms with Gasteiger partial charge in [0.15, 0.2) is 0 Å². The first kappa shape index (κ1) is 11.6. The second kappa shape index (κ2) is 4.33. The molecule has 80 valence electrons. The number of hydrogen-bond acceptors (Lipinski definition) is 2. The minimum atomic E-state index is -0.139. The quantitative estimate of drug-likeness (QED) is 0.674. The summed E-state index contributed by atoms with van der Waals surface area (Å²) in [5, 5.41) is 0. The predicted molar refractivity (Wildman–Crippen MR) is 60.9 cm³/mol. The zero-order chi connectivity index (χ0) is 10.8. The molecule has 0 heterocycles. The zero-order valence-corrected chi connectivity index (χ0v) is 9.59. The zero-order valence-electron chi connectivity index (χ0n) is 9.59. The van der Waals surface area contributed by atoms with E-state index in [0.29, 0.717) is 0 Å². The molecule has 0 aromatic carbocycles. The van der Waals surface area contributed by atoms with Crippen molar-refractivity contribution in [1.82, 2.24) is 4.90 Å². The molecule has 3 unspecified atom stereocenters. The molecule has 1 rings (SSSR count).